The fourth-order valence-electron chi connectivity index (χ4n) is 2.35. The number of nitrogens with one attached hydrogen (secondary N) is 1. The van der Waals surface area contributed by atoms with Crippen LogP contribution >= 0.6 is 0 Å². The van der Waals surface area contributed by atoms with Gasteiger partial charge in [-0.2, -0.15) is 0 Å². The monoisotopic (exact) mass is 274 g/mol. The Hall–Kier alpha value is -2.30. The number of carbonyl (C=O) groups excluding carboxylic acids is 1. The van der Waals surface area contributed by atoms with E-state index >= 15 is 0 Å². The van der Waals surface area contributed by atoms with E-state index in [0.717, 1.165) is 22.2 Å². The van der Waals surface area contributed by atoms with E-state index in [9.17, 15) is 9.59 Å². The molecule has 0 fully saturated rings. The first kappa shape index (κ1) is 14.1. The number of rotatable bonds is 5. The van der Waals surface area contributed by atoms with E-state index in [1.54, 1.807) is 0 Å². The molecule has 0 spiro atoms. The number of aromatic nitrogens is 1. The van der Waals surface area contributed by atoms with Crippen LogP contribution in [0.15, 0.2) is 24.3 Å². The molecule has 0 saturated carbocycles. The molecule has 1 heterocycles. The molecule has 2 aromatic rings. The topological polar surface area (TPSA) is 71.3 Å². The molecule has 0 bridgehead atoms. The molecule has 2 rings (SSSR count). The van der Waals surface area contributed by atoms with Gasteiger partial charge in [-0.3, -0.25) is 9.59 Å². The Morgan fingerprint density at radius 3 is 2.70 bits per heavy atom. The van der Waals surface area contributed by atoms with Gasteiger partial charge in [-0.25, -0.2) is 0 Å². The van der Waals surface area contributed by atoms with E-state index in [4.69, 9.17) is 5.11 Å². The second kappa shape index (κ2) is 5.77. The molecule has 2 N–H and O–H groups in total. The van der Waals surface area contributed by atoms with Crippen molar-refractivity contribution in [2.75, 3.05) is 6.54 Å². The number of benzene rings is 1. The van der Waals surface area contributed by atoms with Crippen LogP contribution in [0.5, 0.6) is 0 Å². The highest BCUT2D eigenvalue weighted by atomic mass is 16.4. The normalized spacial score (nSPS) is 10.7. The fraction of sp³-hybridized carbons (Fsp3) is 0.333. The van der Waals surface area contributed by atoms with Crippen LogP contribution in [-0.4, -0.2) is 28.1 Å². The molecule has 0 aliphatic rings. The van der Waals surface area contributed by atoms with E-state index in [-0.39, 0.29) is 25.3 Å². The molecule has 1 amide bonds. The zero-order valence-electron chi connectivity index (χ0n) is 11.6. The van der Waals surface area contributed by atoms with Crippen molar-refractivity contribution >= 4 is 22.8 Å². The maximum Gasteiger partial charge on any atom is 0.305 e. The van der Waals surface area contributed by atoms with Crippen LogP contribution in [-0.2, 0) is 23.1 Å². The van der Waals surface area contributed by atoms with Gasteiger partial charge in [0.1, 0.15) is 0 Å². The van der Waals surface area contributed by atoms with Crippen molar-refractivity contribution in [1.82, 2.24) is 9.88 Å². The summed E-state index contributed by atoms with van der Waals surface area (Å²) in [6.07, 6.45) is 0.215. The summed E-state index contributed by atoms with van der Waals surface area (Å²) in [6.45, 7) is 2.15. The van der Waals surface area contributed by atoms with Gasteiger partial charge < -0.3 is 15.0 Å². The Morgan fingerprint density at radius 2 is 2.00 bits per heavy atom. The molecule has 5 heteroatoms. The lowest BCUT2D eigenvalue weighted by Gasteiger charge is -2.04. The number of carboxylic acid groups (broad SMARTS) is 1. The lowest BCUT2D eigenvalue weighted by Crippen LogP contribution is -2.27. The number of amides is 1. The number of para-hydroxylation sites is 1. The molecule has 106 valence electrons. The van der Waals surface area contributed by atoms with E-state index < -0.39 is 5.97 Å². The molecule has 0 saturated heterocycles. The van der Waals surface area contributed by atoms with Gasteiger partial charge >= 0.3 is 5.97 Å². The average molecular weight is 274 g/mol. The molecule has 1 aromatic carbocycles. The quantitative estimate of drug-likeness (QED) is 0.870. The van der Waals surface area contributed by atoms with Gasteiger partial charge in [-0.1, -0.05) is 18.2 Å². The summed E-state index contributed by atoms with van der Waals surface area (Å²) in [6, 6.07) is 7.95. The van der Waals surface area contributed by atoms with E-state index in [1.807, 2.05) is 38.2 Å². The van der Waals surface area contributed by atoms with Gasteiger partial charge in [0.25, 0.3) is 0 Å². The van der Waals surface area contributed by atoms with Gasteiger partial charge in [0.05, 0.1) is 12.8 Å². The summed E-state index contributed by atoms with van der Waals surface area (Å²) in [5.41, 5.74) is 3.15. The van der Waals surface area contributed by atoms with E-state index in [1.165, 1.54) is 0 Å². The first-order valence-corrected chi connectivity index (χ1v) is 6.52. The van der Waals surface area contributed by atoms with Crippen molar-refractivity contribution in [2.45, 2.75) is 19.8 Å². The van der Waals surface area contributed by atoms with E-state index in [0.29, 0.717) is 0 Å². The number of aliphatic carboxylic acids is 1. The van der Waals surface area contributed by atoms with Crippen LogP contribution in [0.25, 0.3) is 10.9 Å². The number of carboxylic acids is 1. The number of hydrogen-bond donors (Lipinski definition) is 2. The summed E-state index contributed by atoms with van der Waals surface area (Å²) >= 11 is 0. The molecule has 0 aliphatic heterocycles. The molecule has 5 nitrogen and oxygen atoms in total. The minimum Gasteiger partial charge on any atom is -0.481 e. The molecule has 0 unspecified atom stereocenters. The van der Waals surface area contributed by atoms with Gasteiger partial charge in [0, 0.05) is 30.2 Å². The highest BCUT2D eigenvalue weighted by Gasteiger charge is 2.14. The predicted molar refractivity (Wildman–Crippen MR) is 76.6 cm³/mol. The van der Waals surface area contributed by atoms with Crippen molar-refractivity contribution in [3.05, 3.63) is 35.5 Å². The van der Waals surface area contributed by atoms with Gasteiger partial charge in [0.15, 0.2) is 0 Å². The Morgan fingerprint density at radius 1 is 1.30 bits per heavy atom. The second-order valence-corrected chi connectivity index (χ2v) is 4.81. The number of aryl methyl sites for hydroxylation is 1. The molecule has 0 radical (unpaired) electrons. The van der Waals surface area contributed by atoms with Crippen molar-refractivity contribution in [3.63, 3.8) is 0 Å². The molecular weight excluding hydrogens is 256 g/mol. The van der Waals surface area contributed by atoms with Crippen molar-refractivity contribution < 1.29 is 14.7 Å². The predicted octanol–water partition coefficient (Wildman–Crippen LogP) is 1.62. The summed E-state index contributed by atoms with van der Waals surface area (Å²) in [7, 11) is 1.98. The standard InChI is InChI=1S/C15H18N2O3/c1-10-12(9-14(18)16-8-7-15(19)20)11-5-3-4-6-13(11)17(10)2/h3-6H,7-9H2,1-2H3,(H,16,18)(H,19,20). The van der Waals surface area contributed by atoms with Crippen LogP contribution < -0.4 is 5.32 Å². The zero-order valence-corrected chi connectivity index (χ0v) is 11.6. The van der Waals surface area contributed by atoms with Crippen LogP contribution in [0.4, 0.5) is 0 Å². The average Bonchev–Trinajstić information content (AvgIpc) is 2.64. The molecule has 1 aromatic heterocycles. The Kier molecular flexibility index (Phi) is 4.08. The van der Waals surface area contributed by atoms with Crippen LogP contribution in [0, 0.1) is 6.92 Å². The third-order valence-corrected chi connectivity index (χ3v) is 3.53. The first-order valence-electron chi connectivity index (χ1n) is 6.52. The van der Waals surface area contributed by atoms with Gasteiger partial charge in [0.2, 0.25) is 5.91 Å². The zero-order chi connectivity index (χ0) is 14.7. The van der Waals surface area contributed by atoms with Crippen LogP contribution in [0.3, 0.4) is 0 Å². The molecule has 0 atom stereocenters. The third kappa shape index (κ3) is 2.82. The largest absolute Gasteiger partial charge is 0.481 e. The van der Waals surface area contributed by atoms with Gasteiger partial charge in [-0.15, -0.1) is 0 Å². The third-order valence-electron chi connectivity index (χ3n) is 3.53. The number of nitrogens with zero attached hydrogens (tertiary/aromatic N) is 1. The summed E-state index contributed by atoms with van der Waals surface area (Å²) in [5, 5.41) is 12.3. The van der Waals surface area contributed by atoms with Crippen LogP contribution in [0.1, 0.15) is 17.7 Å². The van der Waals surface area contributed by atoms with Gasteiger partial charge in [-0.05, 0) is 18.6 Å². The fourth-order valence-corrected chi connectivity index (χ4v) is 2.35. The summed E-state index contributed by atoms with van der Waals surface area (Å²) in [5.74, 6) is -1.06. The Bertz CT molecular complexity index is 658. The first-order chi connectivity index (χ1) is 9.50. The maximum atomic E-state index is 11.9. The SMILES string of the molecule is Cc1c(CC(=O)NCCC(=O)O)c2ccccc2n1C. The lowest BCUT2D eigenvalue weighted by molar-refractivity contribution is -0.136. The second-order valence-electron chi connectivity index (χ2n) is 4.81. The Labute approximate surface area is 117 Å². The number of hydrogen-bond acceptors (Lipinski definition) is 2. The summed E-state index contributed by atoms with van der Waals surface area (Å²) in [4.78, 5) is 22.3. The molecule has 20 heavy (non-hydrogen) atoms. The lowest BCUT2D eigenvalue weighted by atomic mass is 10.1. The minimum absolute atomic E-state index is 0.0553. The molecule has 0 aliphatic carbocycles. The maximum absolute atomic E-state index is 11.9. The smallest absolute Gasteiger partial charge is 0.305 e. The summed E-state index contributed by atoms with van der Waals surface area (Å²) < 4.78 is 2.06. The van der Waals surface area contributed by atoms with Crippen molar-refractivity contribution in [2.24, 2.45) is 7.05 Å². The van der Waals surface area contributed by atoms with Crippen molar-refractivity contribution in [1.29, 1.82) is 0 Å². The van der Waals surface area contributed by atoms with E-state index in [2.05, 4.69) is 9.88 Å². The highest BCUT2D eigenvalue weighted by molar-refractivity contribution is 5.90. The minimum atomic E-state index is -0.911. The number of carbonyl (C=O) groups is 2. The van der Waals surface area contributed by atoms with Crippen molar-refractivity contribution in [3.8, 4) is 0 Å². The molecular formula is C15H18N2O3. The van der Waals surface area contributed by atoms with Crippen LogP contribution in [0.2, 0.25) is 0 Å². The number of fused-ring (bicyclic) bond motifs is 1. The highest BCUT2D eigenvalue weighted by Crippen LogP contribution is 2.24. The Balaban J connectivity index is 2.15.